The Hall–Kier alpha value is -0.860. The molecule has 0 aliphatic carbocycles. The summed E-state index contributed by atoms with van der Waals surface area (Å²) < 4.78 is 0. The van der Waals surface area contributed by atoms with E-state index < -0.39 is 0 Å². The van der Waals surface area contributed by atoms with Gasteiger partial charge >= 0.3 is 0 Å². The predicted molar refractivity (Wildman–Crippen MR) is 87.2 cm³/mol. The Kier molecular flexibility index (Phi) is 5.62. The highest BCUT2D eigenvalue weighted by Crippen LogP contribution is 2.25. The van der Waals surface area contributed by atoms with Crippen molar-refractivity contribution in [1.29, 1.82) is 0 Å². The zero-order valence-electron chi connectivity index (χ0n) is 13.6. The third kappa shape index (κ3) is 3.62. The average molecular weight is 274 g/mol. The fourth-order valence-corrected chi connectivity index (χ4v) is 3.49. The first kappa shape index (κ1) is 15.5. The number of likely N-dealkylation sites (N-methyl/N-ethyl adjacent to an activating group) is 1. The number of benzene rings is 1. The molecule has 0 amide bonds. The van der Waals surface area contributed by atoms with E-state index >= 15 is 0 Å². The van der Waals surface area contributed by atoms with E-state index in [9.17, 15) is 0 Å². The quantitative estimate of drug-likeness (QED) is 0.848. The monoisotopic (exact) mass is 274 g/mol. The molecule has 0 saturated carbocycles. The van der Waals surface area contributed by atoms with Crippen LogP contribution in [-0.4, -0.2) is 30.6 Å². The SMILES string of the molecule is CCNC(CN1CCCC1CC)c1cc(C)ccc1C. The summed E-state index contributed by atoms with van der Waals surface area (Å²) in [6, 6.07) is 8.09. The molecule has 112 valence electrons. The van der Waals surface area contributed by atoms with Crippen molar-refractivity contribution in [1.82, 2.24) is 10.2 Å². The lowest BCUT2D eigenvalue weighted by Gasteiger charge is -2.30. The largest absolute Gasteiger partial charge is 0.309 e. The van der Waals surface area contributed by atoms with E-state index in [0.29, 0.717) is 6.04 Å². The molecule has 1 N–H and O–H groups in total. The molecule has 2 heteroatoms. The van der Waals surface area contributed by atoms with Crippen molar-refractivity contribution in [2.24, 2.45) is 0 Å². The van der Waals surface area contributed by atoms with Crippen molar-refractivity contribution in [3.8, 4) is 0 Å². The van der Waals surface area contributed by atoms with Gasteiger partial charge < -0.3 is 5.32 Å². The summed E-state index contributed by atoms with van der Waals surface area (Å²) in [7, 11) is 0. The second kappa shape index (κ2) is 7.24. The van der Waals surface area contributed by atoms with Gasteiger partial charge in [0.25, 0.3) is 0 Å². The van der Waals surface area contributed by atoms with Crippen LogP contribution in [0.1, 0.15) is 55.8 Å². The number of aryl methyl sites for hydroxylation is 2. The number of hydrogen-bond donors (Lipinski definition) is 1. The molecule has 1 aromatic rings. The molecule has 1 aliphatic heterocycles. The van der Waals surface area contributed by atoms with Gasteiger partial charge in [-0.15, -0.1) is 0 Å². The van der Waals surface area contributed by atoms with Crippen molar-refractivity contribution >= 4 is 0 Å². The predicted octanol–water partition coefficient (Wildman–Crippen LogP) is 3.83. The van der Waals surface area contributed by atoms with Gasteiger partial charge in [0.15, 0.2) is 0 Å². The lowest BCUT2D eigenvalue weighted by molar-refractivity contribution is 0.221. The number of nitrogens with zero attached hydrogens (tertiary/aromatic N) is 1. The fourth-order valence-electron chi connectivity index (χ4n) is 3.49. The maximum atomic E-state index is 3.70. The van der Waals surface area contributed by atoms with Gasteiger partial charge in [0.1, 0.15) is 0 Å². The van der Waals surface area contributed by atoms with Crippen molar-refractivity contribution in [2.75, 3.05) is 19.6 Å². The van der Waals surface area contributed by atoms with E-state index in [4.69, 9.17) is 0 Å². The minimum atomic E-state index is 0.465. The van der Waals surface area contributed by atoms with E-state index in [-0.39, 0.29) is 0 Å². The number of nitrogens with one attached hydrogen (secondary N) is 1. The molecule has 1 aromatic carbocycles. The molecular formula is C18H30N2. The summed E-state index contributed by atoms with van der Waals surface area (Å²) >= 11 is 0. The summed E-state index contributed by atoms with van der Waals surface area (Å²) in [5, 5.41) is 3.70. The van der Waals surface area contributed by atoms with Crippen LogP contribution in [0.25, 0.3) is 0 Å². The minimum absolute atomic E-state index is 0.465. The van der Waals surface area contributed by atoms with Gasteiger partial charge in [-0.05, 0) is 57.3 Å². The third-order valence-electron chi connectivity index (χ3n) is 4.65. The van der Waals surface area contributed by atoms with Gasteiger partial charge in [-0.25, -0.2) is 0 Å². The topological polar surface area (TPSA) is 15.3 Å². The zero-order valence-corrected chi connectivity index (χ0v) is 13.6. The molecule has 2 rings (SSSR count). The standard InChI is InChI=1S/C18H30N2/c1-5-16-8-7-11-20(16)13-18(19-6-2)17-12-14(3)9-10-15(17)4/h9-10,12,16,18-19H,5-8,11,13H2,1-4H3. The molecular weight excluding hydrogens is 244 g/mol. The zero-order chi connectivity index (χ0) is 14.5. The molecule has 2 atom stereocenters. The molecule has 1 saturated heterocycles. The summed E-state index contributed by atoms with van der Waals surface area (Å²) in [5.41, 5.74) is 4.25. The van der Waals surface area contributed by atoms with Crippen LogP contribution in [0.15, 0.2) is 18.2 Å². The van der Waals surface area contributed by atoms with Crippen LogP contribution in [-0.2, 0) is 0 Å². The second-order valence-electron chi connectivity index (χ2n) is 6.17. The molecule has 2 nitrogen and oxygen atoms in total. The molecule has 0 bridgehead atoms. The molecule has 1 heterocycles. The van der Waals surface area contributed by atoms with Gasteiger partial charge in [0, 0.05) is 18.6 Å². The average Bonchev–Trinajstić information content (AvgIpc) is 2.88. The van der Waals surface area contributed by atoms with Crippen LogP contribution in [0, 0.1) is 13.8 Å². The first-order valence-electron chi connectivity index (χ1n) is 8.20. The Balaban J connectivity index is 2.16. The Morgan fingerprint density at radius 2 is 2.10 bits per heavy atom. The smallest absolute Gasteiger partial charge is 0.0452 e. The Morgan fingerprint density at radius 1 is 1.30 bits per heavy atom. The van der Waals surface area contributed by atoms with Crippen molar-refractivity contribution in [2.45, 2.75) is 59.0 Å². The Labute approximate surface area is 124 Å². The normalized spacial score (nSPS) is 21.3. The van der Waals surface area contributed by atoms with E-state index in [1.54, 1.807) is 0 Å². The van der Waals surface area contributed by atoms with Crippen LogP contribution in [0.2, 0.25) is 0 Å². The Bertz CT molecular complexity index is 427. The first-order valence-corrected chi connectivity index (χ1v) is 8.20. The van der Waals surface area contributed by atoms with Gasteiger partial charge in [-0.2, -0.15) is 0 Å². The number of likely N-dealkylation sites (tertiary alicyclic amines) is 1. The molecule has 1 fully saturated rings. The van der Waals surface area contributed by atoms with Crippen LogP contribution in [0.4, 0.5) is 0 Å². The van der Waals surface area contributed by atoms with Gasteiger partial charge in [-0.3, -0.25) is 4.90 Å². The lowest BCUT2D eigenvalue weighted by atomic mass is 9.98. The molecule has 0 aromatic heterocycles. The highest BCUT2D eigenvalue weighted by molar-refractivity contribution is 5.33. The second-order valence-corrected chi connectivity index (χ2v) is 6.17. The maximum Gasteiger partial charge on any atom is 0.0452 e. The third-order valence-corrected chi connectivity index (χ3v) is 4.65. The van der Waals surface area contributed by atoms with Crippen molar-refractivity contribution in [3.63, 3.8) is 0 Å². The van der Waals surface area contributed by atoms with E-state index in [1.165, 1.54) is 42.5 Å². The minimum Gasteiger partial charge on any atom is -0.309 e. The summed E-state index contributed by atoms with van der Waals surface area (Å²) in [6.45, 7) is 12.4. The number of hydrogen-bond acceptors (Lipinski definition) is 2. The summed E-state index contributed by atoms with van der Waals surface area (Å²) in [5.74, 6) is 0. The van der Waals surface area contributed by atoms with Gasteiger partial charge in [0.2, 0.25) is 0 Å². The van der Waals surface area contributed by atoms with Gasteiger partial charge in [-0.1, -0.05) is 37.6 Å². The molecule has 2 unspecified atom stereocenters. The van der Waals surface area contributed by atoms with Crippen molar-refractivity contribution < 1.29 is 0 Å². The summed E-state index contributed by atoms with van der Waals surface area (Å²) in [6.07, 6.45) is 4.03. The Morgan fingerprint density at radius 3 is 2.80 bits per heavy atom. The van der Waals surface area contributed by atoms with E-state index in [1.807, 2.05) is 0 Å². The van der Waals surface area contributed by atoms with Crippen LogP contribution in [0.5, 0.6) is 0 Å². The molecule has 0 radical (unpaired) electrons. The summed E-state index contributed by atoms with van der Waals surface area (Å²) in [4.78, 5) is 2.69. The van der Waals surface area contributed by atoms with Crippen LogP contribution >= 0.6 is 0 Å². The number of rotatable bonds is 6. The van der Waals surface area contributed by atoms with Crippen molar-refractivity contribution in [3.05, 3.63) is 34.9 Å². The highest BCUT2D eigenvalue weighted by atomic mass is 15.2. The van der Waals surface area contributed by atoms with Crippen LogP contribution in [0.3, 0.4) is 0 Å². The fraction of sp³-hybridized carbons (Fsp3) is 0.667. The van der Waals surface area contributed by atoms with E-state index in [2.05, 4.69) is 56.1 Å². The van der Waals surface area contributed by atoms with Gasteiger partial charge in [0.05, 0.1) is 0 Å². The maximum absolute atomic E-state index is 3.70. The molecule has 0 spiro atoms. The molecule has 20 heavy (non-hydrogen) atoms. The van der Waals surface area contributed by atoms with E-state index in [0.717, 1.165) is 19.1 Å². The first-order chi connectivity index (χ1) is 9.65. The highest BCUT2D eigenvalue weighted by Gasteiger charge is 2.26. The van der Waals surface area contributed by atoms with Crippen LogP contribution < -0.4 is 5.32 Å². The lowest BCUT2D eigenvalue weighted by Crippen LogP contribution is -2.38. The molecule has 1 aliphatic rings.